The number of aliphatic imine (C=N–C) groups is 1. The highest BCUT2D eigenvalue weighted by Crippen LogP contribution is 2.30. The van der Waals surface area contributed by atoms with E-state index in [0.717, 1.165) is 9.26 Å². The van der Waals surface area contributed by atoms with Crippen molar-refractivity contribution in [1.29, 1.82) is 0 Å². The maximum absolute atomic E-state index is 13.0. The van der Waals surface area contributed by atoms with Crippen LogP contribution in [0.15, 0.2) is 53.5 Å². The molecule has 1 saturated heterocycles. The van der Waals surface area contributed by atoms with Gasteiger partial charge in [0.25, 0.3) is 0 Å². The van der Waals surface area contributed by atoms with Gasteiger partial charge in [-0.15, -0.1) is 0 Å². The molecule has 1 aliphatic heterocycles. The molecule has 1 heterocycles. The van der Waals surface area contributed by atoms with Gasteiger partial charge in [-0.1, -0.05) is 11.8 Å². The van der Waals surface area contributed by atoms with Crippen molar-refractivity contribution in [2.75, 3.05) is 11.9 Å². The van der Waals surface area contributed by atoms with Crippen LogP contribution in [0.4, 0.5) is 15.8 Å². The van der Waals surface area contributed by atoms with Gasteiger partial charge in [-0.2, -0.15) is 0 Å². The van der Waals surface area contributed by atoms with Gasteiger partial charge < -0.3 is 5.32 Å². The number of carbonyl (C=O) groups is 2. The molecule has 2 aromatic rings. The second kappa shape index (κ2) is 8.83. The molecule has 0 bridgehead atoms. The molecule has 0 spiro atoms. The van der Waals surface area contributed by atoms with Crippen LogP contribution in [0.25, 0.3) is 0 Å². The van der Waals surface area contributed by atoms with Crippen molar-refractivity contribution in [1.82, 2.24) is 4.90 Å². The highest BCUT2D eigenvalue weighted by Gasteiger charge is 2.35. The Morgan fingerprint density at radius 2 is 1.93 bits per heavy atom. The SMILES string of the molecule is CCN1C(=O)CC(C(=O)Nc2ccc(F)cc2)SC1=Nc1ccc(I)cc1. The average Bonchev–Trinajstić information content (AvgIpc) is 2.65. The minimum Gasteiger partial charge on any atom is -0.325 e. The Hall–Kier alpha value is -1.94. The van der Waals surface area contributed by atoms with Crippen molar-refractivity contribution in [3.05, 3.63) is 57.9 Å². The molecule has 1 unspecified atom stereocenters. The topological polar surface area (TPSA) is 61.8 Å². The number of halogens is 2. The maximum Gasteiger partial charge on any atom is 0.238 e. The van der Waals surface area contributed by atoms with Gasteiger partial charge in [-0.05, 0) is 78.0 Å². The predicted molar refractivity (Wildman–Crippen MR) is 115 cm³/mol. The number of hydrogen-bond donors (Lipinski definition) is 1. The standard InChI is InChI=1S/C19H17FIN3O2S/c1-2-24-17(25)11-16(18(26)22-14-7-3-12(20)4-8-14)27-19(24)23-15-9-5-13(21)6-10-15/h3-10,16H,2,11H2,1H3,(H,22,26). The van der Waals surface area contributed by atoms with Gasteiger partial charge in [0.1, 0.15) is 11.1 Å². The monoisotopic (exact) mass is 497 g/mol. The molecular formula is C19H17FIN3O2S. The molecule has 1 atom stereocenters. The largest absolute Gasteiger partial charge is 0.325 e. The summed E-state index contributed by atoms with van der Waals surface area (Å²) in [5, 5.41) is 2.65. The van der Waals surface area contributed by atoms with Crippen LogP contribution in [0.5, 0.6) is 0 Å². The number of thioether (sulfide) groups is 1. The summed E-state index contributed by atoms with van der Waals surface area (Å²) in [5.74, 6) is -0.813. The number of hydrogen-bond acceptors (Lipinski definition) is 4. The molecule has 1 aliphatic rings. The Morgan fingerprint density at radius 3 is 2.56 bits per heavy atom. The van der Waals surface area contributed by atoms with E-state index in [1.807, 2.05) is 31.2 Å². The van der Waals surface area contributed by atoms with Crippen LogP contribution in [-0.2, 0) is 9.59 Å². The maximum atomic E-state index is 13.0. The molecule has 1 N–H and O–H groups in total. The van der Waals surface area contributed by atoms with E-state index in [4.69, 9.17) is 0 Å². The molecule has 3 rings (SSSR count). The van der Waals surface area contributed by atoms with Crippen molar-refractivity contribution in [2.45, 2.75) is 18.6 Å². The minimum absolute atomic E-state index is 0.0945. The zero-order chi connectivity index (χ0) is 19.4. The van der Waals surface area contributed by atoms with E-state index in [-0.39, 0.29) is 24.1 Å². The van der Waals surface area contributed by atoms with Crippen molar-refractivity contribution in [2.24, 2.45) is 4.99 Å². The molecule has 27 heavy (non-hydrogen) atoms. The van der Waals surface area contributed by atoms with E-state index in [2.05, 4.69) is 32.9 Å². The molecule has 1 fully saturated rings. The summed E-state index contributed by atoms with van der Waals surface area (Å²) in [5.41, 5.74) is 1.22. The summed E-state index contributed by atoms with van der Waals surface area (Å²) in [6.07, 6.45) is 0.0945. The Kier molecular flexibility index (Phi) is 6.48. The molecule has 2 amide bonds. The summed E-state index contributed by atoms with van der Waals surface area (Å²) in [7, 11) is 0. The van der Waals surface area contributed by atoms with E-state index < -0.39 is 5.25 Å². The number of carbonyl (C=O) groups excluding carboxylic acids is 2. The number of nitrogens with one attached hydrogen (secondary N) is 1. The van der Waals surface area contributed by atoms with E-state index in [9.17, 15) is 14.0 Å². The summed E-state index contributed by atoms with van der Waals surface area (Å²) in [4.78, 5) is 31.2. The molecule has 0 aliphatic carbocycles. The molecule has 140 valence electrons. The van der Waals surface area contributed by atoms with Gasteiger partial charge >= 0.3 is 0 Å². The van der Waals surface area contributed by atoms with E-state index >= 15 is 0 Å². The third kappa shape index (κ3) is 5.07. The van der Waals surface area contributed by atoms with Gasteiger partial charge in [-0.3, -0.25) is 14.5 Å². The van der Waals surface area contributed by atoms with Crippen LogP contribution in [0.1, 0.15) is 13.3 Å². The van der Waals surface area contributed by atoms with Crippen molar-refractivity contribution in [3.63, 3.8) is 0 Å². The molecule has 8 heteroatoms. The van der Waals surface area contributed by atoms with E-state index in [0.29, 0.717) is 17.4 Å². The second-order valence-corrected chi connectivity index (χ2v) is 8.23. The summed E-state index contributed by atoms with van der Waals surface area (Å²) < 4.78 is 14.1. The number of amides is 2. The van der Waals surface area contributed by atoms with E-state index in [1.54, 1.807) is 4.90 Å². The highest BCUT2D eigenvalue weighted by molar-refractivity contribution is 14.1. The van der Waals surface area contributed by atoms with E-state index in [1.165, 1.54) is 36.0 Å². The number of rotatable bonds is 4. The first-order valence-corrected chi connectivity index (χ1v) is 10.3. The Labute approximate surface area is 174 Å². The Morgan fingerprint density at radius 1 is 1.26 bits per heavy atom. The normalized spacial score (nSPS) is 18.6. The smallest absolute Gasteiger partial charge is 0.238 e. The summed E-state index contributed by atoms with van der Waals surface area (Å²) in [6, 6.07) is 13.1. The predicted octanol–water partition coefficient (Wildman–Crippen LogP) is 4.41. The molecule has 0 aromatic heterocycles. The number of nitrogens with zero attached hydrogens (tertiary/aromatic N) is 2. The second-order valence-electron chi connectivity index (χ2n) is 5.82. The lowest BCUT2D eigenvalue weighted by Crippen LogP contribution is -2.45. The lowest BCUT2D eigenvalue weighted by Gasteiger charge is -2.30. The van der Waals surface area contributed by atoms with Crippen LogP contribution in [-0.4, -0.2) is 33.7 Å². The van der Waals surface area contributed by atoms with Crippen molar-refractivity contribution in [3.8, 4) is 0 Å². The highest BCUT2D eigenvalue weighted by atomic mass is 127. The van der Waals surface area contributed by atoms with Gasteiger partial charge in [-0.25, -0.2) is 9.38 Å². The number of amidine groups is 1. The molecule has 5 nitrogen and oxygen atoms in total. The number of anilines is 1. The Bertz CT molecular complexity index is 872. The van der Waals surface area contributed by atoms with Crippen LogP contribution in [0.2, 0.25) is 0 Å². The lowest BCUT2D eigenvalue weighted by atomic mass is 10.2. The van der Waals surface area contributed by atoms with Gasteiger partial charge in [0.2, 0.25) is 11.8 Å². The van der Waals surface area contributed by atoms with Gasteiger partial charge in [0.15, 0.2) is 5.17 Å². The zero-order valence-corrected chi connectivity index (χ0v) is 17.5. The molecular weight excluding hydrogens is 480 g/mol. The van der Waals surface area contributed by atoms with Crippen LogP contribution < -0.4 is 5.32 Å². The quantitative estimate of drug-likeness (QED) is 0.637. The third-order valence-corrected chi connectivity index (χ3v) is 5.82. The number of benzene rings is 2. The van der Waals surface area contributed by atoms with Crippen LogP contribution in [0, 0.1) is 9.39 Å². The van der Waals surface area contributed by atoms with Crippen molar-refractivity contribution >= 4 is 62.7 Å². The first-order chi connectivity index (χ1) is 13.0. The molecule has 2 aromatic carbocycles. The van der Waals surface area contributed by atoms with Gasteiger partial charge in [0, 0.05) is 22.2 Å². The third-order valence-electron chi connectivity index (χ3n) is 3.91. The first kappa shape index (κ1) is 19.8. The fourth-order valence-corrected chi connectivity index (χ4v) is 4.06. The average molecular weight is 497 g/mol. The van der Waals surface area contributed by atoms with Gasteiger partial charge in [0.05, 0.1) is 5.69 Å². The zero-order valence-electron chi connectivity index (χ0n) is 14.5. The summed E-state index contributed by atoms with van der Waals surface area (Å²) in [6.45, 7) is 2.36. The summed E-state index contributed by atoms with van der Waals surface area (Å²) >= 11 is 3.48. The molecule has 0 saturated carbocycles. The fraction of sp³-hybridized carbons (Fsp3) is 0.211. The van der Waals surface area contributed by atoms with Crippen LogP contribution in [0.3, 0.4) is 0 Å². The first-order valence-electron chi connectivity index (χ1n) is 8.34. The minimum atomic E-state index is -0.590. The van der Waals surface area contributed by atoms with Crippen molar-refractivity contribution < 1.29 is 14.0 Å². The fourth-order valence-electron chi connectivity index (χ4n) is 2.53. The Balaban J connectivity index is 1.79. The molecule has 0 radical (unpaired) electrons. The lowest BCUT2D eigenvalue weighted by molar-refractivity contribution is -0.129. The van der Waals surface area contributed by atoms with Crippen LogP contribution >= 0.6 is 34.4 Å².